The minimum atomic E-state index is 0.327. The minimum absolute atomic E-state index is 0.327. The van der Waals surface area contributed by atoms with E-state index in [2.05, 4.69) is 61.1 Å². The lowest BCUT2D eigenvalue weighted by Gasteiger charge is -2.27. The summed E-state index contributed by atoms with van der Waals surface area (Å²) in [5, 5.41) is 4.50. The second-order valence-electron chi connectivity index (χ2n) is 6.36. The van der Waals surface area contributed by atoms with Crippen LogP contribution in [0.4, 0.5) is 0 Å². The minimum Gasteiger partial charge on any atom is -0.314 e. The van der Waals surface area contributed by atoms with E-state index in [4.69, 9.17) is 11.6 Å². The molecule has 1 aromatic carbocycles. The van der Waals surface area contributed by atoms with E-state index in [1.807, 2.05) is 6.07 Å². The molecule has 108 valence electrons. The van der Waals surface area contributed by atoms with E-state index in [-0.39, 0.29) is 0 Å². The lowest BCUT2D eigenvalue weighted by molar-refractivity contribution is 0.306. The Morgan fingerprint density at radius 2 is 2.00 bits per heavy atom. The Morgan fingerprint density at radius 1 is 1.32 bits per heavy atom. The van der Waals surface area contributed by atoms with Gasteiger partial charge in [-0.2, -0.15) is 0 Å². The summed E-state index contributed by atoms with van der Waals surface area (Å²) in [6.45, 7) is 10.1. The summed E-state index contributed by atoms with van der Waals surface area (Å²) in [5.74, 6) is 0. The molecule has 1 nitrogen and oxygen atoms in total. The van der Waals surface area contributed by atoms with Gasteiger partial charge in [0.25, 0.3) is 0 Å². The Hall–Kier alpha value is -0.0500. The summed E-state index contributed by atoms with van der Waals surface area (Å²) >= 11 is 9.77. The maximum atomic E-state index is 6.32. The molecule has 0 fully saturated rings. The van der Waals surface area contributed by atoms with Crippen LogP contribution < -0.4 is 5.32 Å². The van der Waals surface area contributed by atoms with Gasteiger partial charge in [0.15, 0.2) is 0 Å². The van der Waals surface area contributed by atoms with Crippen molar-refractivity contribution >= 4 is 27.5 Å². The summed E-state index contributed by atoms with van der Waals surface area (Å²) in [6, 6.07) is 6.65. The normalized spacial score (nSPS) is 13.6. The largest absolute Gasteiger partial charge is 0.314 e. The van der Waals surface area contributed by atoms with Crippen molar-refractivity contribution in [3.05, 3.63) is 33.3 Å². The van der Waals surface area contributed by atoms with Gasteiger partial charge in [-0.25, -0.2) is 0 Å². The van der Waals surface area contributed by atoms with Crippen LogP contribution in [-0.2, 0) is 6.42 Å². The third kappa shape index (κ3) is 6.78. The summed E-state index contributed by atoms with van der Waals surface area (Å²) in [4.78, 5) is 0. The zero-order chi connectivity index (χ0) is 14.5. The maximum absolute atomic E-state index is 6.32. The zero-order valence-electron chi connectivity index (χ0n) is 12.4. The van der Waals surface area contributed by atoms with Crippen LogP contribution in [0.5, 0.6) is 0 Å². The Bertz CT molecular complexity index is 398. The van der Waals surface area contributed by atoms with Crippen LogP contribution in [0, 0.1) is 5.41 Å². The lowest BCUT2D eigenvalue weighted by atomic mass is 9.86. The number of hydrogen-bond donors (Lipinski definition) is 1. The lowest BCUT2D eigenvalue weighted by Crippen LogP contribution is -2.35. The summed E-state index contributed by atoms with van der Waals surface area (Å²) in [6.07, 6.45) is 3.30. The van der Waals surface area contributed by atoms with Gasteiger partial charge in [0.2, 0.25) is 0 Å². The van der Waals surface area contributed by atoms with E-state index in [9.17, 15) is 0 Å². The van der Waals surface area contributed by atoms with Gasteiger partial charge in [0.1, 0.15) is 0 Å². The van der Waals surface area contributed by atoms with E-state index < -0.39 is 0 Å². The molecule has 0 amide bonds. The van der Waals surface area contributed by atoms with Crippen LogP contribution >= 0.6 is 27.5 Å². The van der Waals surface area contributed by atoms with Crippen molar-refractivity contribution in [1.82, 2.24) is 5.32 Å². The molecule has 3 heteroatoms. The van der Waals surface area contributed by atoms with Crippen LogP contribution in [0.2, 0.25) is 5.02 Å². The smallest absolute Gasteiger partial charge is 0.0449 e. The van der Waals surface area contributed by atoms with E-state index >= 15 is 0 Å². The highest BCUT2D eigenvalue weighted by Crippen LogP contribution is 2.26. The molecule has 0 radical (unpaired) electrons. The summed E-state index contributed by atoms with van der Waals surface area (Å²) < 4.78 is 1.04. The number of benzene rings is 1. The van der Waals surface area contributed by atoms with Crippen molar-refractivity contribution in [2.75, 3.05) is 6.54 Å². The molecule has 1 aromatic rings. The van der Waals surface area contributed by atoms with Crippen molar-refractivity contribution in [3.63, 3.8) is 0 Å². The molecule has 0 aliphatic carbocycles. The van der Waals surface area contributed by atoms with Crippen molar-refractivity contribution in [2.45, 2.75) is 53.0 Å². The molecule has 0 aromatic heterocycles. The number of halogens is 2. The molecule has 0 heterocycles. The van der Waals surface area contributed by atoms with Crippen molar-refractivity contribution in [3.8, 4) is 0 Å². The van der Waals surface area contributed by atoms with Gasteiger partial charge >= 0.3 is 0 Å². The van der Waals surface area contributed by atoms with E-state index in [1.165, 1.54) is 5.56 Å². The molecular formula is C16H25BrClN. The zero-order valence-corrected chi connectivity index (χ0v) is 14.7. The molecule has 0 aliphatic rings. The summed E-state index contributed by atoms with van der Waals surface area (Å²) in [5.41, 5.74) is 1.55. The highest BCUT2D eigenvalue weighted by atomic mass is 79.9. The first kappa shape index (κ1) is 17.0. The van der Waals surface area contributed by atoms with Gasteiger partial charge in [-0.15, -0.1) is 0 Å². The topological polar surface area (TPSA) is 12.0 Å². The highest BCUT2D eigenvalue weighted by Gasteiger charge is 2.19. The van der Waals surface area contributed by atoms with Gasteiger partial charge in [-0.3, -0.25) is 0 Å². The number of hydrogen-bond acceptors (Lipinski definition) is 1. The monoisotopic (exact) mass is 345 g/mol. The van der Waals surface area contributed by atoms with Crippen molar-refractivity contribution in [2.24, 2.45) is 5.41 Å². The second kappa shape index (κ2) is 7.66. The first-order chi connectivity index (χ1) is 8.81. The van der Waals surface area contributed by atoms with Crippen LogP contribution in [0.15, 0.2) is 22.7 Å². The predicted molar refractivity (Wildman–Crippen MR) is 89.0 cm³/mol. The molecule has 0 aliphatic heterocycles. The standard InChI is InChI=1S/C16H25BrClN/c1-5-8-19-14(11-16(2,3)4)9-12-6-7-13(17)10-15(12)18/h6-7,10,14,19H,5,8-9,11H2,1-4H3. The molecule has 1 atom stereocenters. The molecule has 1 rings (SSSR count). The van der Waals surface area contributed by atoms with Crippen molar-refractivity contribution < 1.29 is 0 Å². The average molecular weight is 347 g/mol. The number of rotatable bonds is 6. The molecular weight excluding hydrogens is 322 g/mol. The molecule has 0 spiro atoms. The fourth-order valence-corrected chi connectivity index (χ4v) is 3.01. The van der Waals surface area contributed by atoms with Crippen molar-refractivity contribution in [1.29, 1.82) is 0 Å². The molecule has 0 bridgehead atoms. The molecule has 0 saturated heterocycles. The molecule has 19 heavy (non-hydrogen) atoms. The second-order valence-corrected chi connectivity index (χ2v) is 7.68. The Morgan fingerprint density at radius 3 is 2.53 bits per heavy atom. The maximum Gasteiger partial charge on any atom is 0.0449 e. The Labute approximate surface area is 131 Å². The predicted octanol–water partition coefficient (Wildman–Crippen LogP) is 5.45. The third-order valence-electron chi connectivity index (χ3n) is 3.02. The highest BCUT2D eigenvalue weighted by molar-refractivity contribution is 9.10. The fraction of sp³-hybridized carbons (Fsp3) is 0.625. The third-order valence-corrected chi connectivity index (χ3v) is 3.87. The molecule has 1 unspecified atom stereocenters. The first-order valence-corrected chi connectivity index (χ1v) is 8.16. The van der Waals surface area contributed by atoms with E-state index in [0.717, 1.165) is 35.3 Å². The van der Waals surface area contributed by atoms with Gasteiger partial charge in [-0.1, -0.05) is 61.3 Å². The van der Waals surface area contributed by atoms with Gasteiger partial charge in [-0.05, 0) is 48.9 Å². The number of nitrogens with one attached hydrogen (secondary N) is 1. The summed E-state index contributed by atoms with van der Waals surface area (Å²) in [7, 11) is 0. The van der Waals surface area contributed by atoms with Gasteiger partial charge in [0, 0.05) is 15.5 Å². The van der Waals surface area contributed by atoms with E-state index in [0.29, 0.717) is 11.5 Å². The van der Waals surface area contributed by atoms with Crippen LogP contribution in [0.25, 0.3) is 0 Å². The average Bonchev–Trinajstić information content (AvgIpc) is 2.27. The Kier molecular flexibility index (Phi) is 6.85. The Balaban J connectivity index is 2.75. The SMILES string of the molecule is CCCNC(Cc1ccc(Br)cc1Cl)CC(C)(C)C. The van der Waals surface area contributed by atoms with E-state index in [1.54, 1.807) is 0 Å². The first-order valence-electron chi connectivity index (χ1n) is 6.99. The fourth-order valence-electron chi connectivity index (χ4n) is 2.26. The van der Waals surface area contributed by atoms with Crippen LogP contribution in [-0.4, -0.2) is 12.6 Å². The van der Waals surface area contributed by atoms with Crippen LogP contribution in [0.1, 0.15) is 46.1 Å². The van der Waals surface area contributed by atoms with Gasteiger partial charge < -0.3 is 5.32 Å². The van der Waals surface area contributed by atoms with Gasteiger partial charge in [0.05, 0.1) is 0 Å². The quantitative estimate of drug-likeness (QED) is 0.722. The van der Waals surface area contributed by atoms with Crippen LogP contribution in [0.3, 0.4) is 0 Å². The molecule has 1 N–H and O–H groups in total. The molecule has 0 saturated carbocycles.